The molecule has 0 aliphatic rings. The van der Waals surface area contributed by atoms with E-state index < -0.39 is 33.8 Å². The molecule has 260 valence electrons. The van der Waals surface area contributed by atoms with E-state index in [9.17, 15) is 18.3 Å². The largest absolute Gasteiger partial charge is 0.497 e. The van der Waals surface area contributed by atoms with Gasteiger partial charge in [-0.25, -0.2) is 18.4 Å². The van der Waals surface area contributed by atoms with Gasteiger partial charge in [-0.1, -0.05) is 50.2 Å². The number of nitrogens with one attached hydrogen (secondary N) is 3. The number of methoxy groups -OCH3 is 1. The SMILES string of the molecule is COc1ccc(NS(=O)(=O)C[C@H](O)[C@H](Cc2ccccc2)NC(=O)c2ccc(C)c(Nc3nccc(-c4cccnc4)n3)c2)c(CC(C)C)c1. The number of amides is 1. The Morgan fingerprint density at radius 3 is 2.44 bits per heavy atom. The van der Waals surface area contributed by atoms with E-state index in [1.807, 2.05) is 63.2 Å². The summed E-state index contributed by atoms with van der Waals surface area (Å²) in [4.78, 5) is 26.8. The molecule has 2 heterocycles. The molecule has 5 aromatic rings. The number of carbonyl (C=O) groups excluding carboxylic acids is 1. The van der Waals surface area contributed by atoms with Crippen molar-refractivity contribution in [1.82, 2.24) is 20.3 Å². The van der Waals surface area contributed by atoms with E-state index in [-0.39, 0.29) is 12.3 Å². The van der Waals surface area contributed by atoms with E-state index in [1.54, 1.807) is 68.2 Å². The van der Waals surface area contributed by atoms with Crippen molar-refractivity contribution in [2.24, 2.45) is 5.92 Å². The van der Waals surface area contributed by atoms with Crippen LogP contribution in [0.25, 0.3) is 11.3 Å². The number of sulfonamides is 1. The van der Waals surface area contributed by atoms with E-state index >= 15 is 0 Å². The highest BCUT2D eigenvalue weighted by Gasteiger charge is 2.28. The molecule has 12 heteroatoms. The van der Waals surface area contributed by atoms with Crippen molar-refractivity contribution in [3.05, 3.63) is 126 Å². The zero-order valence-electron chi connectivity index (χ0n) is 28.5. The summed E-state index contributed by atoms with van der Waals surface area (Å²) in [6.07, 6.45) is 4.44. The predicted molar refractivity (Wildman–Crippen MR) is 196 cm³/mol. The van der Waals surface area contributed by atoms with Crippen LogP contribution in [0.2, 0.25) is 0 Å². The Morgan fingerprint density at radius 2 is 1.72 bits per heavy atom. The summed E-state index contributed by atoms with van der Waals surface area (Å²) in [5, 5.41) is 17.5. The predicted octanol–water partition coefficient (Wildman–Crippen LogP) is 5.94. The van der Waals surface area contributed by atoms with Gasteiger partial charge in [0.05, 0.1) is 36.4 Å². The van der Waals surface area contributed by atoms with Gasteiger partial charge in [-0.2, -0.15) is 0 Å². The minimum absolute atomic E-state index is 0.205. The number of aromatic nitrogens is 3. The van der Waals surface area contributed by atoms with Crippen LogP contribution < -0.4 is 20.1 Å². The van der Waals surface area contributed by atoms with Crippen LogP contribution in [0.1, 0.15) is 40.9 Å². The number of rotatable bonds is 15. The van der Waals surface area contributed by atoms with Crippen molar-refractivity contribution in [3.8, 4) is 17.0 Å². The molecule has 3 aromatic carbocycles. The van der Waals surface area contributed by atoms with Gasteiger partial charge in [0.1, 0.15) is 5.75 Å². The first-order valence-electron chi connectivity index (χ1n) is 16.3. The Morgan fingerprint density at radius 1 is 0.920 bits per heavy atom. The third-order valence-corrected chi connectivity index (χ3v) is 9.35. The van der Waals surface area contributed by atoms with Gasteiger partial charge in [0.25, 0.3) is 5.91 Å². The number of carbonyl (C=O) groups is 1. The summed E-state index contributed by atoms with van der Waals surface area (Å²) >= 11 is 0. The van der Waals surface area contributed by atoms with Crippen LogP contribution in [0.4, 0.5) is 17.3 Å². The molecule has 0 saturated heterocycles. The Labute approximate surface area is 293 Å². The first-order chi connectivity index (χ1) is 24.0. The van der Waals surface area contributed by atoms with Gasteiger partial charge < -0.3 is 20.5 Å². The number of ether oxygens (including phenoxy) is 1. The first kappa shape index (κ1) is 36.0. The fourth-order valence-electron chi connectivity index (χ4n) is 5.47. The van der Waals surface area contributed by atoms with Gasteiger partial charge in [0.2, 0.25) is 16.0 Å². The molecule has 2 aromatic heterocycles. The normalized spacial score (nSPS) is 12.6. The van der Waals surface area contributed by atoms with Gasteiger partial charge in [0, 0.05) is 35.4 Å². The smallest absolute Gasteiger partial charge is 0.251 e. The van der Waals surface area contributed by atoms with Gasteiger partial charge in [-0.05, 0) is 90.9 Å². The average Bonchev–Trinajstić information content (AvgIpc) is 3.10. The van der Waals surface area contributed by atoms with Crippen LogP contribution in [0.5, 0.6) is 5.75 Å². The van der Waals surface area contributed by atoms with Crippen molar-refractivity contribution in [2.45, 2.75) is 45.8 Å². The standard InChI is InChI=1S/C38H42N6O5S/c1-25(2)19-30-21-31(49-4)14-15-33(30)44-50(47,48)24-36(45)35(20-27-9-6-5-7-10-27)41-37(46)28-13-12-26(3)34(22-28)43-38-40-18-16-32(42-38)29-11-8-17-39-23-29/h5-18,21-23,25,35-36,44-45H,19-20,24H2,1-4H3,(H,41,46)(H,40,42,43)/t35-,36-/m0/s1. The number of aliphatic hydroxyl groups excluding tert-OH is 1. The average molecular weight is 695 g/mol. The number of aryl methyl sites for hydroxylation is 1. The van der Waals surface area contributed by atoms with Gasteiger partial charge in [-0.15, -0.1) is 0 Å². The number of hydrogen-bond acceptors (Lipinski definition) is 9. The fraction of sp³-hybridized carbons (Fsp3) is 0.263. The van der Waals surface area contributed by atoms with E-state index in [0.717, 1.165) is 22.3 Å². The molecule has 0 fully saturated rings. The highest BCUT2D eigenvalue weighted by atomic mass is 32.2. The maximum atomic E-state index is 13.7. The van der Waals surface area contributed by atoms with Crippen LogP contribution in [0.15, 0.2) is 104 Å². The molecule has 0 bridgehead atoms. The molecule has 2 atom stereocenters. The van der Waals surface area contributed by atoms with Gasteiger partial charge in [-0.3, -0.25) is 14.5 Å². The third kappa shape index (κ3) is 9.86. The second-order valence-electron chi connectivity index (χ2n) is 12.5. The fourth-order valence-corrected chi connectivity index (χ4v) is 6.77. The Kier molecular flexibility index (Phi) is 11.8. The number of benzene rings is 3. The van der Waals surface area contributed by atoms with E-state index in [4.69, 9.17) is 4.74 Å². The van der Waals surface area contributed by atoms with Crippen LogP contribution in [-0.2, 0) is 22.9 Å². The second-order valence-corrected chi connectivity index (χ2v) is 14.3. The van der Waals surface area contributed by atoms with E-state index in [2.05, 4.69) is 30.3 Å². The molecule has 1 amide bonds. The maximum Gasteiger partial charge on any atom is 0.251 e. The van der Waals surface area contributed by atoms with Gasteiger partial charge in [0.15, 0.2) is 0 Å². The summed E-state index contributed by atoms with van der Waals surface area (Å²) in [6, 6.07) is 24.2. The molecule has 50 heavy (non-hydrogen) atoms. The minimum atomic E-state index is -4.04. The summed E-state index contributed by atoms with van der Waals surface area (Å²) in [5.74, 6) is 0.120. The maximum absolute atomic E-state index is 13.7. The molecular formula is C38H42N6O5S. The molecule has 4 N–H and O–H groups in total. The molecular weight excluding hydrogens is 653 g/mol. The second kappa shape index (κ2) is 16.4. The monoisotopic (exact) mass is 694 g/mol. The quantitative estimate of drug-likeness (QED) is 0.104. The van der Waals surface area contributed by atoms with Crippen molar-refractivity contribution < 1.29 is 23.1 Å². The van der Waals surface area contributed by atoms with E-state index in [0.29, 0.717) is 40.8 Å². The molecule has 5 rings (SSSR count). The van der Waals surface area contributed by atoms with Crippen LogP contribution in [-0.4, -0.2) is 59.4 Å². The summed E-state index contributed by atoms with van der Waals surface area (Å²) in [6.45, 7) is 5.98. The molecule has 0 spiro atoms. The third-order valence-electron chi connectivity index (χ3n) is 8.03. The van der Waals surface area contributed by atoms with E-state index in [1.165, 1.54) is 0 Å². The summed E-state index contributed by atoms with van der Waals surface area (Å²) in [5.41, 5.74) is 5.33. The zero-order valence-corrected chi connectivity index (χ0v) is 29.3. The summed E-state index contributed by atoms with van der Waals surface area (Å²) < 4.78 is 34.9. The van der Waals surface area contributed by atoms with Crippen LogP contribution in [0, 0.1) is 12.8 Å². The highest BCUT2D eigenvalue weighted by Crippen LogP contribution is 2.27. The lowest BCUT2D eigenvalue weighted by atomic mass is 10.0. The lowest BCUT2D eigenvalue weighted by Gasteiger charge is -2.25. The van der Waals surface area contributed by atoms with Gasteiger partial charge >= 0.3 is 0 Å². The molecule has 0 radical (unpaired) electrons. The Balaban J connectivity index is 1.34. The Bertz CT molecular complexity index is 2010. The number of nitrogens with zero attached hydrogens (tertiary/aromatic N) is 3. The lowest BCUT2D eigenvalue weighted by molar-refractivity contribution is 0.0862. The number of anilines is 3. The number of hydrogen-bond donors (Lipinski definition) is 4. The van der Waals surface area contributed by atoms with Crippen LogP contribution >= 0.6 is 0 Å². The van der Waals surface area contributed by atoms with Crippen molar-refractivity contribution in [3.63, 3.8) is 0 Å². The highest BCUT2D eigenvalue weighted by molar-refractivity contribution is 7.92. The molecule has 11 nitrogen and oxygen atoms in total. The van der Waals surface area contributed by atoms with Crippen molar-refractivity contribution >= 4 is 33.3 Å². The van der Waals surface area contributed by atoms with Crippen molar-refractivity contribution in [2.75, 3.05) is 22.9 Å². The van der Waals surface area contributed by atoms with Crippen LogP contribution in [0.3, 0.4) is 0 Å². The topological polar surface area (TPSA) is 155 Å². The van der Waals surface area contributed by atoms with Crippen molar-refractivity contribution in [1.29, 1.82) is 0 Å². The summed E-state index contributed by atoms with van der Waals surface area (Å²) in [7, 11) is -2.48. The Hall–Kier alpha value is -5.33. The molecule has 0 saturated carbocycles. The molecule has 0 aliphatic carbocycles. The lowest BCUT2D eigenvalue weighted by Crippen LogP contribution is -2.48. The molecule has 0 aliphatic heterocycles. The molecule has 0 unspecified atom stereocenters. The zero-order chi connectivity index (χ0) is 35.7. The number of aliphatic hydroxyl groups is 1. The number of pyridine rings is 1. The first-order valence-corrected chi connectivity index (χ1v) is 18.0. The minimum Gasteiger partial charge on any atom is -0.497 e.